The van der Waals surface area contributed by atoms with Crippen molar-refractivity contribution in [3.8, 4) is 0 Å². The molecule has 2 rings (SSSR count). The van der Waals surface area contributed by atoms with E-state index in [0.29, 0.717) is 18.7 Å². The lowest BCUT2D eigenvalue weighted by molar-refractivity contribution is 0.0920. The number of hydrogen-bond acceptors (Lipinski definition) is 3. The standard InChI is InChI=1S/C15H18BrNO3/c1-9(3-4-18)8-17-15(19)13-7-11-6-12(16)5-10(2)14(11)20-13/h5-7,9,18H,3-4,8H2,1-2H3,(H,17,19). The second kappa shape index (κ2) is 6.41. The van der Waals surface area contributed by atoms with Gasteiger partial charge in [-0.25, -0.2) is 0 Å². The van der Waals surface area contributed by atoms with E-state index in [4.69, 9.17) is 9.52 Å². The summed E-state index contributed by atoms with van der Waals surface area (Å²) in [6, 6.07) is 5.63. The van der Waals surface area contributed by atoms with Crippen LogP contribution in [-0.4, -0.2) is 24.2 Å². The molecule has 4 nitrogen and oxygen atoms in total. The van der Waals surface area contributed by atoms with Crippen LogP contribution in [0.1, 0.15) is 29.5 Å². The van der Waals surface area contributed by atoms with Gasteiger partial charge >= 0.3 is 0 Å². The lowest BCUT2D eigenvalue weighted by atomic mass is 10.1. The van der Waals surface area contributed by atoms with Crippen LogP contribution in [0.15, 0.2) is 27.1 Å². The van der Waals surface area contributed by atoms with Crippen molar-refractivity contribution in [2.45, 2.75) is 20.3 Å². The number of rotatable bonds is 5. The minimum atomic E-state index is -0.221. The normalized spacial score (nSPS) is 12.6. The first-order chi connectivity index (χ1) is 9.51. The smallest absolute Gasteiger partial charge is 0.287 e. The van der Waals surface area contributed by atoms with E-state index in [2.05, 4.69) is 21.2 Å². The summed E-state index contributed by atoms with van der Waals surface area (Å²) in [7, 11) is 0. The highest BCUT2D eigenvalue weighted by Gasteiger charge is 2.14. The number of carbonyl (C=O) groups is 1. The zero-order valence-electron chi connectivity index (χ0n) is 11.6. The summed E-state index contributed by atoms with van der Waals surface area (Å²) in [4.78, 5) is 12.0. The van der Waals surface area contributed by atoms with Crippen LogP contribution < -0.4 is 5.32 Å². The van der Waals surface area contributed by atoms with Gasteiger partial charge in [-0.1, -0.05) is 22.9 Å². The Kier molecular flexibility index (Phi) is 4.83. The Morgan fingerprint density at radius 1 is 1.45 bits per heavy atom. The van der Waals surface area contributed by atoms with Crippen LogP contribution in [-0.2, 0) is 0 Å². The number of nitrogens with one attached hydrogen (secondary N) is 1. The average molecular weight is 340 g/mol. The quantitative estimate of drug-likeness (QED) is 0.878. The molecule has 20 heavy (non-hydrogen) atoms. The molecule has 0 aliphatic carbocycles. The van der Waals surface area contributed by atoms with Crippen molar-refractivity contribution in [1.29, 1.82) is 0 Å². The van der Waals surface area contributed by atoms with Gasteiger partial charge in [-0.2, -0.15) is 0 Å². The van der Waals surface area contributed by atoms with Gasteiger partial charge < -0.3 is 14.8 Å². The van der Waals surface area contributed by atoms with E-state index < -0.39 is 0 Å². The van der Waals surface area contributed by atoms with E-state index >= 15 is 0 Å². The summed E-state index contributed by atoms with van der Waals surface area (Å²) in [6.07, 6.45) is 0.673. The Morgan fingerprint density at radius 3 is 2.90 bits per heavy atom. The summed E-state index contributed by atoms with van der Waals surface area (Å²) in [5.74, 6) is 0.336. The van der Waals surface area contributed by atoms with Gasteiger partial charge in [0.2, 0.25) is 0 Å². The van der Waals surface area contributed by atoms with Crippen molar-refractivity contribution in [2.75, 3.05) is 13.2 Å². The number of halogens is 1. The van der Waals surface area contributed by atoms with Crippen LogP contribution in [0.4, 0.5) is 0 Å². The minimum absolute atomic E-state index is 0.134. The van der Waals surface area contributed by atoms with Crippen molar-refractivity contribution in [2.24, 2.45) is 5.92 Å². The number of carbonyl (C=O) groups excluding carboxylic acids is 1. The largest absolute Gasteiger partial charge is 0.451 e. The van der Waals surface area contributed by atoms with Gasteiger partial charge in [0, 0.05) is 23.0 Å². The number of aliphatic hydroxyl groups is 1. The Morgan fingerprint density at radius 2 is 2.20 bits per heavy atom. The predicted octanol–water partition coefficient (Wildman–Crippen LogP) is 3.25. The van der Waals surface area contributed by atoms with Crippen LogP contribution in [0.25, 0.3) is 11.0 Å². The number of aliphatic hydroxyl groups excluding tert-OH is 1. The molecule has 0 bridgehead atoms. The van der Waals surface area contributed by atoms with Gasteiger partial charge in [-0.15, -0.1) is 0 Å². The summed E-state index contributed by atoms with van der Waals surface area (Å²) >= 11 is 3.43. The maximum Gasteiger partial charge on any atom is 0.287 e. The number of benzene rings is 1. The number of fused-ring (bicyclic) bond motifs is 1. The van der Waals surface area contributed by atoms with Gasteiger partial charge in [-0.3, -0.25) is 4.79 Å². The summed E-state index contributed by atoms with van der Waals surface area (Å²) in [6.45, 7) is 4.59. The van der Waals surface area contributed by atoms with E-state index in [1.54, 1.807) is 6.07 Å². The fourth-order valence-electron chi connectivity index (χ4n) is 2.07. The molecule has 1 amide bonds. The lowest BCUT2D eigenvalue weighted by Crippen LogP contribution is -2.28. The van der Waals surface area contributed by atoms with Crippen molar-refractivity contribution < 1.29 is 14.3 Å². The molecule has 1 heterocycles. The highest BCUT2D eigenvalue weighted by molar-refractivity contribution is 9.10. The molecule has 0 radical (unpaired) electrons. The monoisotopic (exact) mass is 339 g/mol. The molecule has 1 aromatic carbocycles. The molecule has 0 saturated heterocycles. The first kappa shape index (κ1) is 15.1. The third-order valence-electron chi connectivity index (χ3n) is 3.22. The van der Waals surface area contributed by atoms with Crippen molar-refractivity contribution in [3.05, 3.63) is 34.0 Å². The van der Waals surface area contributed by atoms with Gasteiger partial charge in [-0.05, 0) is 43.0 Å². The van der Waals surface area contributed by atoms with E-state index in [9.17, 15) is 4.79 Å². The Labute approximate surface area is 126 Å². The zero-order valence-corrected chi connectivity index (χ0v) is 13.2. The molecule has 2 aromatic rings. The Bertz CT molecular complexity index is 621. The minimum Gasteiger partial charge on any atom is -0.451 e. The maximum atomic E-state index is 12.0. The van der Waals surface area contributed by atoms with Crippen LogP contribution >= 0.6 is 15.9 Å². The number of aryl methyl sites for hydroxylation is 1. The fraction of sp³-hybridized carbons (Fsp3) is 0.400. The van der Waals surface area contributed by atoms with E-state index in [1.165, 1.54) is 0 Å². The molecule has 1 atom stereocenters. The van der Waals surface area contributed by atoms with Crippen molar-refractivity contribution in [1.82, 2.24) is 5.32 Å². The summed E-state index contributed by atoms with van der Waals surface area (Å²) in [5.41, 5.74) is 1.73. The lowest BCUT2D eigenvalue weighted by Gasteiger charge is -2.09. The molecule has 0 spiro atoms. The fourth-order valence-corrected chi connectivity index (χ4v) is 2.66. The van der Waals surface area contributed by atoms with Crippen molar-refractivity contribution in [3.63, 3.8) is 0 Å². The number of furan rings is 1. The third-order valence-corrected chi connectivity index (χ3v) is 3.68. The maximum absolute atomic E-state index is 12.0. The van der Waals surface area contributed by atoms with Crippen LogP contribution in [0.3, 0.4) is 0 Å². The SMILES string of the molecule is Cc1cc(Br)cc2cc(C(=O)NCC(C)CCO)oc12. The second-order valence-corrected chi connectivity index (χ2v) is 5.99. The van der Waals surface area contributed by atoms with E-state index in [1.807, 2.05) is 26.0 Å². The molecule has 1 unspecified atom stereocenters. The summed E-state index contributed by atoms with van der Waals surface area (Å²) < 4.78 is 6.59. The molecule has 0 fully saturated rings. The molecule has 1 aromatic heterocycles. The summed E-state index contributed by atoms with van der Waals surface area (Å²) in [5, 5.41) is 12.6. The molecule has 108 valence electrons. The van der Waals surface area contributed by atoms with Gasteiger partial charge in [0.05, 0.1) is 0 Å². The van der Waals surface area contributed by atoms with Crippen LogP contribution in [0.5, 0.6) is 0 Å². The van der Waals surface area contributed by atoms with E-state index in [-0.39, 0.29) is 18.4 Å². The average Bonchev–Trinajstić information content (AvgIpc) is 2.80. The molecule has 2 N–H and O–H groups in total. The molecule has 0 aliphatic heterocycles. The highest BCUT2D eigenvalue weighted by Crippen LogP contribution is 2.26. The molecular weight excluding hydrogens is 322 g/mol. The van der Waals surface area contributed by atoms with Crippen molar-refractivity contribution >= 4 is 32.8 Å². The first-order valence-corrected chi connectivity index (χ1v) is 7.39. The first-order valence-electron chi connectivity index (χ1n) is 6.60. The topological polar surface area (TPSA) is 62.5 Å². The molecule has 0 saturated carbocycles. The molecular formula is C15H18BrNO3. The number of amides is 1. The highest BCUT2D eigenvalue weighted by atomic mass is 79.9. The Balaban J connectivity index is 2.13. The van der Waals surface area contributed by atoms with Gasteiger partial charge in [0.15, 0.2) is 5.76 Å². The molecule has 5 heteroatoms. The molecule has 0 aliphatic rings. The van der Waals surface area contributed by atoms with Crippen LogP contribution in [0, 0.1) is 12.8 Å². The zero-order chi connectivity index (χ0) is 14.7. The van der Waals surface area contributed by atoms with Gasteiger partial charge in [0.1, 0.15) is 5.58 Å². The Hall–Kier alpha value is -1.33. The van der Waals surface area contributed by atoms with E-state index in [0.717, 1.165) is 21.0 Å². The predicted molar refractivity (Wildman–Crippen MR) is 81.9 cm³/mol. The van der Waals surface area contributed by atoms with Gasteiger partial charge in [0.25, 0.3) is 5.91 Å². The van der Waals surface area contributed by atoms with Crippen LogP contribution in [0.2, 0.25) is 0 Å². The third kappa shape index (κ3) is 3.41. The second-order valence-electron chi connectivity index (χ2n) is 5.08. The number of hydrogen-bond donors (Lipinski definition) is 2.